The van der Waals surface area contributed by atoms with Crippen LogP contribution >= 0.6 is 0 Å². The Bertz CT molecular complexity index is 176. The summed E-state index contributed by atoms with van der Waals surface area (Å²) in [6.07, 6.45) is 2.32. The molecule has 0 aromatic carbocycles. The number of fused-ring (bicyclic) bond motifs is 2. The first-order valence-corrected chi connectivity index (χ1v) is 4.51. The van der Waals surface area contributed by atoms with Gasteiger partial charge in [0.2, 0.25) is 0 Å². The van der Waals surface area contributed by atoms with E-state index in [-0.39, 0.29) is 4.65 Å². The molecule has 0 amide bonds. The van der Waals surface area contributed by atoms with E-state index in [0.29, 0.717) is 11.5 Å². The van der Waals surface area contributed by atoms with Crippen molar-refractivity contribution in [1.29, 1.82) is 0 Å². The molecule has 3 aliphatic rings. The summed E-state index contributed by atoms with van der Waals surface area (Å²) in [7, 11) is 1.84. The lowest BCUT2D eigenvalue weighted by atomic mass is 9.54. The molecule has 0 radical (unpaired) electrons. The molecule has 0 N–H and O–H groups in total. The zero-order valence-corrected chi connectivity index (χ0v) is 7.63. The summed E-state index contributed by atoms with van der Waals surface area (Å²) in [5.74, 6) is 0.840. The molecule has 3 rings (SSSR count). The number of nitrogens with zero attached hydrogens (tertiary/aromatic N) is 1. The molecule has 2 heterocycles. The zero-order chi connectivity index (χ0) is 8.28. The van der Waals surface area contributed by atoms with Gasteiger partial charge in [-0.15, -0.1) is 0 Å². The van der Waals surface area contributed by atoms with E-state index in [9.17, 15) is 5.21 Å². The van der Waals surface area contributed by atoms with Gasteiger partial charge in [-0.3, -0.25) is 0 Å². The first-order valence-electron chi connectivity index (χ1n) is 4.51. The molecule has 2 heteroatoms. The van der Waals surface area contributed by atoms with Crippen LogP contribution in [0.1, 0.15) is 26.7 Å². The lowest BCUT2D eigenvalue weighted by Gasteiger charge is -2.66. The van der Waals surface area contributed by atoms with Crippen LogP contribution in [-0.2, 0) is 0 Å². The summed E-state index contributed by atoms with van der Waals surface area (Å²) in [5.41, 5.74) is 0.328. The topological polar surface area (TPSA) is 23.1 Å². The first kappa shape index (κ1) is 7.56. The average Bonchev–Trinajstić information content (AvgIpc) is 1.84. The maximum atomic E-state index is 11.8. The van der Waals surface area contributed by atoms with Crippen molar-refractivity contribution in [2.75, 3.05) is 13.6 Å². The summed E-state index contributed by atoms with van der Waals surface area (Å²) in [6, 6.07) is 0.390. The predicted molar refractivity (Wildman–Crippen MR) is 44.7 cm³/mol. The van der Waals surface area contributed by atoms with Gasteiger partial charge in [0.05, 0.1) is 19.6 Å². The molecular formula is C9H17NO. The van der Waals surface area contributed by atoms with Crippen molar-refractivity contribution in [3.8, 4) is 0 Å². The normalized spacial score (nSPS) is 53.5. The Hall–Kier alpha value is -0.0800. The molecule has 64 valence electrons. The van der Waals surface area contributed by atoms with Crippen molar-refractivity contribution in [1.82, 2.24) is 0 Å². The van der Waals surface area contributed by atoms with Crippen molar-refractivity contribution in [3.63, 3.8) is 0 Å². The maximum Gasteiger partial charge on any atom is 0.0942 e. The predicted octanol–water partition coefficient (Wildman–Crippen LogP) is 1.75. The van der Waals surface area contributed by atoms with Crippen LogP contribution < -0.4 is 0 Å². The summed E-state index contributed by atoms with van der Waals surface area (Å²) in [5, 5.41) is 11.8. The third-order valence-corrected chi connectivity index (χ3v) is 4.00. The summed E-state index contributed by atoms with van der Waals surface area (Å²) in [4.78, 5) is 0. The van der Waals surface area contributed by atoms with E-state index in [1.54, 1.807) is 0 Å². The fourth-order valence-electron chi connectivity index (χ4n) is 2.97. The van der Waals surface area contributed by atoms with E-state index in [1.165, 1.54) is 6.42 Å². The minimum Gasteiger partial charge on any atom is -0.633 e. The Balaban J connectivity index is 2.23. The minimum absolute atomic E-state index is 0.0174. The molecule has 2 bridgehead atoms. The van der Waals surface area contributed by atoms with Crippen LogP contribution in [0, 0.1) is 16.5 Å². The lowest BCUT2D eigenvalue weighted by Crippen LogP contribution is -2.69. The maximum absolute atomic E-state index is 11.8. The van der Waals surface area contributed by atoms with Crippen molar-refractivity contribution in [2.24, 2.45) is 11.3 Å². The number of hydroxylamine groups is 3. The SMILES string of the molecule is CC1(C)C2CC[N+](C)([O-])C1C2. The van der Waals surface area contributed by atoms with Crippen molar-refractivity contribution in [3.05, 3.63) is 5.21 Å². The van der Waals surface area contributed by atoms with E-state index in [2.05, 4.69) is 13.8 Å². The minimum atomic E-state index is 0.0174. The van der Waals surface area contributed by atoms with Gasteiger partial charge in [-0.05, 0) is 5.92 Å². The monoisotopic (exact) mass is 155 g/mol. The van der Waals surface area contributed by atoms with Gasteiger partial charge in [0, 0.05) is 18.3 Å². The van der Waals surface area contributed by atoms with E-state index in [1.807, 2.05) is 7.05 Å². The van der Waals surface area contributed by atoms with Gasteiger partial charge in [-0.1, -0.05) is 13.8 Å². The van der Waals surface area contributed by atoms with Crippen LogP contribution in [0.15, 0.2) is 0 Å². The van der Waals surface area contributed by atoms with Crippen LogP contribution in [0.5, 0.6) is 0 Å². The molecule has 2 saturated heterocycles. The van der Waals surface area contributed by atoms with Gasteiger partial charge in [-0.25, -0.2) is 0 Å². The Morgan fingerprint density at radius 1 is 1.45 bits per heavy atom. The van der Waals surface area contributed by atoms with Crippen molar-refractivity contribution < 1.29 is 4.65 Å². The number of hydrogen-bond acceptors (Lipinski definition) is 1. The highest BCUT2D eigenvalue weighted by atomic mass is 16.5. The van der Waals surface area contributed by atoms with Crippen LogP contribution in [0.25, 0.3) is 0 Å². The third-order valence-electron chi connectivity index (χ3n) is 4.00. The van der Waals surface area contributed by atoms with E-state index >= 15 is 0 Å². The van der Waals surface area contributed by atoms with Crippen LogP contribution in [-0.4, -0.2) is 24.3 Å². The van der Waals surface area contributed by atoms with Crippen molar-refractivity contribution >= 4 is 0 Å². The molecule has 2 nitrogen and oxygen atoms in total. The number of hydrogen-bond donors (Lipinski definition) is 0. The highest BCUT2D eigenvalue weighted by molar-refractivity contribution is 5.00. The molecule has 0 aromatic heterocycles. The summed E-state index contributed by atoms with van der Waals surface area (Å²) < 4.78 is 0.0174. The van der Waals surface area contributed by atoms with Gasteiger partial charge >= 0.3 is 0 Å². The Morgan fingerprint density at radius 3 is 2.36 bits per heavy atom. The highest BCUT2D eigenvalue weighted by Gasteiger charge is 2.58. The van der Waals surface area contributed by atoms with Gasteiger partial charge in [0.15, 0.2) is 0 Å². The molecule has 1 saturated carbocycles. The van der Waals surface area contributed by atoms with Gasteiger partial charge < -0.3 is 9.85 Å². The standard InChI is InChI=1S/C9H17NO/c1-9(2)7-4-5-10(3,11)8(9)6-7/h7-8H,4-6H2,1-3H3. The second kappa shape index (κ2) is 1.80. The van der Waals surface area contributed by atoms with Gasteiger partial charge in [0.1, 0.15) is 0 Å². The second-order valence-electron chi connectivity index (χ2n) is 4.96. The molecular weight excluding hydrogens is 138 g/mol. The number of quaternary nitrogens is 1. The summed E-state index contributed by atoms with van der Waals surface area (Å²) >= 11 is 0. The van der Waals surface area contributed by atoms with Crippen LogP contribution in [0.4, 0.5) is 0 Å². The van der Waals surface area contributed by atoms with Crippen LogP contribution in [0.2, 0.25) is 0 Å². The van der Waals surface area contributed by atoms with E-state index in [4.69, 9.17) is 0 Å². The summed E-state index contributed by atoms with van der Waals surface area (Å²) in [6.45, 7) is 5.34. The van der Waals surface area contributed by atoms with Crippen LogP contribution in [0.3, 0.4) is 0 Å². The Kier molecular flexibility index (Phi) is 1.24. The smallest absolute Gasteiger partial charge is 0.0942 e. The molecule has 0 spiro atoms. The van der Waals surface area contributed by atoms with Gasteiger partial charge in [-0.2, -0.15) is 0 Å². The molecule has 0 aromatic rings. The van der Waals surface area contributed by atoms with Gasteiger partial charge in [0.25, 0.3) is 0 Å². The lowest BCUT2D eigenvalue weighted by molar-refractivity contribution is -0.916. The Labute approximate surface area is 68.4 Å². The molecule has 2 aliphatic heterocycles. The van der Waals surface area contributed by atoms with E-state index < -0.39 is 0 Å². The fraction of sp³-hybridized carbons (Fsp3) is 1.00. The molecule has 3 atom stereocenters. The Morgan fingerprint density at radius 2 is 2.09 bits per heavy atom. The number of rotatable bonds is 0. The third kappa shape index (κ3) is 0.798. The average molecular weight is 155 g/mol. The zero-order valence-electron chi connectivity index (χ0n) is 7.63. The molecule has 3 unspecified atom stereocenters. The number of piperidine rings is 2. The fourth-order valence-corrected chi connectivity index (χ4v) is 2.97. The molecule has 11 heavy (non-hydrogen) atoms. The second-order valence-corrected chi connectivity index (χ2v) is 4.96. The van der Waals surface area contributed by atoms with E-state index in [0.717, 1.165) is 18.9 Å². The van der Waals surface area contributed by atoms with Crippen molar-refractivity contribution in [2.45, 2.75) is 32.7 Å². The highest BCUT2D eigenvalue weighted by Crippen LogP contribution is 2.55. The molecule has 3 fully saturated rings. The first-order chi connectivity index (χ1) is 4.94. The molecule has 1 aliphatic carbocycles. The largest absolute Gasteiger partial charge is 0.633 e. The quantitative estimate of drug-likeness (QED) is 0.386.